The molecule has 3 aromatic carbocycles. The summed E-state index contributed by atoms with van der Waals surface area (Å²) in [5.74, 6) is -2.81. The van der Waals surface area contributed by atoms with E-state index < -0.39 is 48.0 Å². The molecule has 2 aliphatic rings. The van der Waals surface area contributed by atoms with E-state index in [1.807, 2.05) is 0 Å². The molecule has 3 heterocycles. The Labute approximate surface area is 473 Å². The molecule has 434 valence electrons. The fraction of sp³-hybridized carbons (Fsp3) is 0.418. The lowest BCUT2D eigenvalue weighted by Gasteiger charge is -2.31. The number of nitrogens with one attached hydrogen (secondary N) is 7. The van der Waals surface area contributed by atoms with Crippen LogP contribution in [-0.4, -0.2) is 158 Å². The average molecular weight is 1140 g/mol. The topological polar surface area (TPSA) is 325 Å². The van der Waals surface area contributed by atoms with Crippen molar-refractivity contribution >= 4 is 82.3 Å². The van der Waals surface area contributed by atoms with Gasteiger partial charge in [-0.3, -0.25) is 33.7 Å². The number of ether oxygens (including phenoxy) is 4. The number of benzene rings is 3. The van der Waals surface area contributed by atoms with Gasteiger partial charge in [0.05, 0.1) is 80.7 Å². The summed E-state index contributed by atoms with van der Waals surface area (Å²) in [7, 11) is 0. The Balaban J connectivity index is 0.869. The van der Waals surface area contributed by atoms with E-state index >= 15 is 0 Å². The number of nitrogens with two attached hydrogens (primary N) is 1. The fourth-order valence-corrected chi connectivity index (χ4v) is 8.50. The predicted octanol–water partition coefficient (Wildman–Crippen LogP) is 4.33. The summed E-state index contributed by atoms with van der Waals surface area (Å²) in [5, 5.41) is 23.9. The summed E-state index contributed by atoms with van der Waals surface area (Å²) in [4.78, 5) is 116. The number of rotatable bonds is 30. The lowest BCUT2D eigenvalue weighted by molar-refractivity contribution is -0.137. The molecule has 0 spiro atoms. The van der Waals surface area contributed by atoms with Crippen LogP contribution in [-0.2, 0) is 49.5 Å². The molecule has 1 fully saturated rings. The fourth-order valence-electron chi connectivity index (χ4n) is 8.32. The van der Waals surface area contributed by atoms with Gasteiger partial charge in [-0.05, 0) is 85.5 Å². The zero-order valence-electron chi connectivity index (χ0n) is 45.1. The molecule has 2 aliphatic heterocycles. The van der Waals surface area contributed by atoms with Crippen molar-refractivity contribution in [1.29, 1.82) is 0 Å². The zero-order chi connectivity index (χ0) is 58.1. The molecule has 0 saturated carbocycles. The first-order valence-corrected chi connectivity index (χ1v) is 26.9. The molecular weight excluding hydrogens is 1070 g/mol. The van der Waals surface area contributed by atoms with Gasteiger partial charge >= 0.3 is 18.2 Å². The van der Waals surface area contributed by atoms with Gasteiger partial charge < -0.3 is 66.8 Å². The number of para-hydroxylation sites is 1. The molecular formula is C55H69ClN12O13. The van der Waals surface area contributed by atoms with Gasteiger partial charge in [-0.15, -0.1) is 0 Å². The van der Waals surface area contributed by atoms with E-state index in [0.717, 1.165) is 4.90 Å². The summed E-state index contributed by atoms with van der Waals surface area (Å²) >= 11 is 6.14. The average Bonchev–Trinajstić information content (AvgIpc) is 4.06. The minimum absolute atomic E-state index is 0.0300. The first-order valence-electron chi connectivity index (χ1n) is 26.5. The summed E-state index contributed by atoms with van der Waals surface area (Å²) in [6.07, 6.45) is 6.71. The molecule has 1 saturated heterocycles. The van der Waals surface area contributed by atoms with Crippen molar-refractivity contribution in [2.75, 3.05) is 88.3 Å². The normalized spacial score (nSPS) is 14.0. The van der Waals surface area contributed by atoms with E-state index in [4.69, 9.17) is 36.3 Å². The van der Waals surface area contributed by atoms with Crippen molar-refractivity contribution in [1.82, 2.24) is 40.8 Å². The Bertz CT molecular complexity index is 2820. The number of piperidine rings is 1. The molecule has 4 aromatic rings. The number of anilines is 3. The summed E-state index contributed by atoms with van der Waals surface area (Å²) in [6, 6.07) is 17.1. The second kappa shape index (κ2) is 32.0. The second-order valence-corrected chi connectivity index (χ2v) is 19.6. The molecule has 0 unspecified atom stereocenters. The van der Waals surface area contributed by atoms with Crippen molar-refractivity contribution in [2.45, 2.75) is 64.6 Å². The number of amides is 11. The van der Waals surface area contributed by atoms with Crippen molar-refractivity contribution in [2.24, 2.45) is 17.6 Å². The lowest BCUT2D eigenvalue weighted by Crippen LogP contribution is -2.54. The van der Waals surface area contributed by atoms with Crippen LogP contribution in [0.25, 0.3) is 5.69 Å². The molecule has 81 heavy (non-hydrogen) atoms. The molecule has 0 aliphatic carbocycles. The Hall–Kier alpha value is -8.39. The summed E-state index contributed by atoms with van der Waals surface area (Å²) < 4.78 is 23.5. The quantitative estimate of drug-likeness (QED) is 0.0266. The molecule has 6 rings (SSSR count). The van der Waals surface area contributed by atoms with Crippen molar-refractivity contribution in [3.63, 3.8) is 0 Å². The number of halogens is 1. The minimum Gasteiger partial charge on any atom is -0.445 e. The van der Waals surface area contributed by atoms with Crippen LogP contribution < -0.4 is 43.0 Å². The minimum atomic E-state index is -1.06. The van der Waals surface area contributed by atoms with Crippen molar-refractivity contribution in [3.05, 3.63) is 113 Å². The number of imide groups is 1. The molecule has 0 bridgehead atoms. The number of likely N-dealkylation sites (tertiary alicyclic amines) is 1. The largest absolute Gasteiger partial charge is 0.445 e. The number of hydrogen-bond donors (Lipinski definition) is 8. The Kier molecular flexibility index (Phi) is 24.4. The standard InChI is InChI=1S/C55H69ClN12O13/c1-36(2)49(65-46(69)20-25-78-27-29-80-30-28-79-26-24-67-47(70)16-17-48(67)71)52(74)63-45(11-6-21-58-53(57)75)51(73)61-40-14-12-38(13-15-40)35-81-55(77)66-22-18-37(19-23-66)32-59-50(72)39-7-5-8-42(31-39)68-34-41(33-60-68)62-54(76)64-44-10-4-3-9-43(44)56/h3-5,7-10,12-17,31,33-34,36-37,45,49H,6,11,18-30,32,35H2,1-2H3,(H,59,72)(H,61,73)(H,63,74)(H,65,69)(H3,57,58,75)(H2,62,64,76)/t45-,49-/m0/s1. The monoisotopic (exact) mass is 1140 g/mol. The van der Waals surface area contributed by atoms with E-state index in [1.54, 1.807) is 102 Å². The van der Waals surface area contributed by atoms with E-state index in [1.165, 1.54) is 18.3 Å². The highest BCUT2D eigenvalue weighted by atomic mass is 35.5. The second-order valence-electron chi connectivity index (χ2n) is 19.2. The summed E-state index contributed by atoms with van der Waals surface area (Å²) in [6.45, 7) is 6.23. The lowest BCUT2D eigenvalue weighted by atomic mass is 9.97. The van der Waals surface area contributed by atoms with Gasteiger partial charge in [0, 0.05) is 56.0 Å². The predicted molar refractivity (Wildman–Crippen MR) is 298 cm³/mol. The SMILES string of the molecule is CC(C)[C@H](NC(=O)CCOCCOCCOCCN1C(=O)C=CC1=O)C(=O)N[C@@H](CCCNC(N)=O)C(=O)Nc1ccc(COC(=O)N2CCC(CNC(=O)c3cccc(-n4cc(NC(=O)Nc5ccccc5Cl)cn4)c3)CC2)cc1. The van der Waals surface area contributed by atoms with Crippen LogP contribution in [0.3, 0.4) is 0 Å². The maximum Gasteiger partial charge on any atom is 0.410 e. The molecule has 25 nitrogen and oxygen atoms in total. The molecule has 1 aromatic heterocycles. The highest BCUT2D eigenvalue weighted by Crippen LogP contribution is 2.22. The van der Waals surface area contributed by atoms with Gasteiger partial charge in [-0.1, -0.05) is 55.8 Å². The molecule has 0 radical (unpaired) electrons. The van der Waals surface area contributed by atoms with Crippen LogP contribution in [0.2, 0.25) is 5.02 Å². The Morgan fingerprint density at radius 1 is 0.765 bits per heavy atom. The van der Waals surface area contributed by atoms with Crippen LogP contribution >= 0.6 is 11.6 Å². The van der Waals surface area contributed by atoms with E-state index in [0.29, 0.717) is 71.4 Å². The van der Waals surface area contributed by atoms with Crippen LogP contribution in [0.5, 0.6) is 0 Å². The Morgan fingerprint density at radius 2 is 1.46 bits per heavy atom. The number of urea groups is 2. The van der Waals surface area contributed by atoms with Crippen LogP contribution in [0.4, 0.5) is 31.4 Å². The maximum atomic E-state index is 13.6. The van der Waals surface area contributed by atoms with E-state index in [2.05, 4.69) is 42.3 Å². The molecule has 26 heteroatoms. The first-order chi connectivity index (χ1) is 39.0. The first kappa shape index (κ1) is 61.8. The zero-order valence-corrected chi connectivity index (χ0v) is 45.9. The van der Waals surface area contributed by atoms with Crippen molar-refractivity contribution in [3.8, 4) is 5.69 Å². The third-order valence-corrected chi connectivity index (χ3v) is 13.1. The van der Waals surface area contributed by atoms with Gasteiger partial charge in [0.25, 0.3) is 17.7 Å². The van der Waals surface area contributed by atoms with Gasteiger partial charge in [0.2, 0.25) is 17.7 Å². The highest BCUT2D eigenvalue weighted by molar-refractivity contribution is 6.33. The number of nitrogens with zero attached hydrogens (tertiary/aromatic N) is 4. The van der Waals surface area contributed by atoms with E-state index in [9.17, 15) is 43.2 Å². The molecule has 11 amide bonds. The van der Waals surface area contributed by atoms with Crippen LogP contribution in [0.15, 0.2) is 97.3 Å². The molecule has 9 N–H and O–H groups in total. The van der Waals surface area contributed by atoms with Crippen LogP contribution in [0, 0.1) is 11.8 Å². The smallest absolute Gasteiger partial charge is 0.410 e. The van der Waals surface area contributed by atoms with Gasteiger partial charge in [-0.25, -0.2) is 19.1 Å². The van der Waals surface area contributed by atoms with Crippen LogP contribution in [0.1, 0.15) is 61.9 Å². The van der Waals surface area contributed by atoms with E-state index in [-0.39, 0.29) is 108 Å². The molecule has 2 atom stereocenters. The third kappa shape index (κ3) is 20.7. The van der Waals surface area contributed by atoms with Gasteiger partial charge in [0.1, 0.15) is 18.7 Å². The van der Waals surface area contributed by atoms with Crippen molar-refractivity contribution < 1.29 is 62.1 Å². The van der Waals surface area contributed by atoms with Gasteiger partial charge in [-0.2, -0.15) is 5.10 Å². The maximum absolute atomic E-state index is 13.6. The number of carbonyl (C=O) groups excluding carboxylic acids is 9. The number of carbonyl (C=O) groups is 9. The number of primary amides is 1. The number of aromatic nitrogens is 2. The number of hydrogen-bond acceptors (Lipinski definition) is 14. The summed E-state index contributed by atoms with van der Waals surface area (Å²) in [5.41, 5.74) is 8.20. The van der Waals surface area contributed by atoms with Gasteiger partial charge in [0.15, 0.2) is 0 Å². The Morgan fingerprint density at radius 3 is 2.15 bits per heavy atom. The highest BCUT2D eigenvalue weighted by Gasteiger charge is 2.30. The third-order valence-electron chi connectivity index (χ3n) is 12.8.